The van der Waals surface area contributed by atoms with E-state index >= 15 is 0 Å². The molecular formula is C16H13Cl2NO4. The molecule has 0 saturated carbocycles. The molecule has 5 nitrogen and oxygen atoms in total. The van der Waals surface area contributed by atoms with Crippen molar-refractivity contribution in [1.29, 1.82) is 0 Å². The molecule has 3 rings (SSSR count). The zero-order valence-electron chi connectivity index (χ0n) is 12.4. The number of aromatic nitrogens is 1. The van der Waals surface area contributed by atoms with Crippen LogP contribution in [0.5, 0.6) is 5.95 Å². The summed E-state index contributed by atoms with van der Waals surface area (Å²) in [6.07, 6.45) is 0. The molecule has 7 heteroatoms. The average molecular weight is 354 g/mol. The molecule has 0 aliphatic heterocycles. The molecule has 2 aromatic heterocycles. The van der Waals surface area contributed by atoms with Gasteiger partial charge in [0, 0.05) is 18.7 Å². The molecule has 0 radical (unpaired) electrons. The highest BCUT2D eigenvalue weighted by molar-refractivity contribution is 6.42. The Hall–Kier alpha value is -2.11. The number of hydrogen-bond donors (Lipinski definition) is 0. The van der Waals surface area contributed by atoms with E-state index in [0.29, 0.717) is 33.8 Å². The fourth-order valence-electron chi connectivity index (χ4n) is 2.38. The summed E-state index contributed by atoms with van der Waals surface area (Å²) in [5.74, 6) is -0.0790. The first-order valence-electron chi connectivity index (χ1n) is 6.72. The Morgan fingerprint density at radius 1 is 1.17 bits per heavy atom. The Balaban J connectivity index is 2.10. The van der Waals surface area contributed by atoms with E-state index in [1.165, 1.54) is 14.2 Å². The molecule has 0 aliphatic rings. The van der Waals surface area contributed by atoms with E-state index in [1.807, 2.05) is 6.07 Å². The molecular weight excluding hydrogens is 341 g/mol. The van der Waals surface area contributed by atoms with Gasteiger partial charge in [0.25, 0.3) is 5.95 Å². The molecule has 3 aromatic rings. The number of carbonyl (C=O) groups is 1. The standard InChI is InChI=1S/C16H13Cl2NO4/c1-21-15-7-12-14(23-15)6-13(16(20)22-2)19(12)8-9-3-4-10(17)11(18)5-9/h3-7H,8H2,1-2H3. The highest BCUT2D eigenvalue weighted by Crippen LogP contribution is 2.30. The van der Waals surface area contributed by atoms with Crippen LogP contribution in [0.3, 0.4) is 0 Å². The Bertz CT molecular complexity index is 882. The third kappa shape index (κ3) is 2.90. The van der Waals surface area contributed by atoms with Crippen LogP contribution in [-0.2, 0) is 11.3 Å². The van der Waals surface area contributed by atoms with Crippen LogP contribution in [0, 0.1) is 0 Å². The quantitative estimate of drug-likeness (QED) is 0.653. The molecule has 0 bridgehead atoms. The highest BCUT2D eigenvalue weighted by atomic mass is 35.5. The predicted octanol–water partition coefficient (Wildman–Crippen LogP) is 4.38. The van der Waals surface area contributed by atoms with E-state index in [2.05, 4.69) is 0 Å². The van der Waals surface area contributed by atoms with Crippen molar-refractivity contribution in [2.24, 2.45) is 0 Å². The maximum atomic E-state index is 12.0. The molecule has 0 saturated heterocycles. The fourth-order valence-corrected chi connectivity index (χ4v) is 2.70. The molecule has 120 valence electrons. The highest BCUT2D eigenvalue weighted by Gasteiger charge is 2.20. The number of halogens is 2. The molecule has 0 atom stereocenters. The Kier molecular flexibility index (Phi) is 4.24. The van der Waals surface area contributed by atoms with Gasteiger partial charge < -0.3 is 18.5 Å². The first-order valence-corrected chi connectivity index (χ1v) is 7.48. The number of furan rings is 1. The third-order valence-electron chi connectivity index (χ3n) is 3.49. The van der Waals surface area contributed by atoms with E-state index in [0.717, 1.165) is 11.1 Å². The van der Waals surface area contributed by atoms with Crippen molar-refractivity contribution in [2.45, 2.75) is 6.54 Å². The summed E-state index contributed by atoms with van der Waals surface area (Å²) in [6, 6.07) is 8.67. The summed E-state index contributed by atoms with van der Waals surface area (Å²) >= 11 is 12.0. The lowest BCUT2D eigenvalue weighted by atomic mass is 10.2. The van der Waals surface area contributed by atoms with E-state index in [-0.39, 0.29) is 0 Å². The van der Waals surface area contributed by atoms with Crippen molar-refractivity contribution in [3.05, 3.63) is 51.6 Å². The number of fused-ring (bicyclic) bond motifs is 1. The number of nitrogens with zero attached hydrogens (tertiary/aromatic N) is 1. The van der Waals surface area contributed by atoms with E-state index in [1.54, 1.807) is 28.8 Å². The van der Waals surface area contributed by atoms with Gasteiger partial charge in [0.1, 0.15) is 5.69 Å². The minimum Gasteiger partial charge on any atom is -0.468 e. The van der Waals surface area contributed by atoms with Crippen molar-refractivity contribution >= 4 is 40.3 Å². The van der Waals surface area contributed by atoms with Gasteiger partial charge in [0.2, 0.25) is 0 Å². The van der Waals surface area contributed by atoms with Crippen LogP contribution in [0.4, 0.5) is 0 Å². The molecule has 0 aliphatic carbocycles. The zero-order chi connectivity index (χ0) is 16.6. The van der Waals surface area contributed by atoms with E-state index < -0.39 is 5.97 Å². The van der Waals surface area contributed by atoms with Gasteiger partial charge in [-0.2, -0.15) is 0 Å². The lowest BCUT2D eigenvalue weighted by molar-refractivity contribution is 0.0589. The number of methoxy groups -OCH3 is 2. The molecule has 0 spiro atoms. The van der Waals surface area contributed by atoms with Crippen LogP contribution < -0.4 is 4.74 Å². The fraction of sp³-hybridized carbons (Fsp3) is 0.188. The van der Waals surface area contributed by atoms with Crippen LogP contribution in [0.1, 0.15) is 16.1 Å². The number of hydrogen-bond acceptors (Lipinski definition) is 4. The van der Waals surface area contributed by atoms with Gasteiger partial charge in [-0.1, -0.05) is 29.3 Å². The van der Waals surface area contributed by atoms with Crippen molar-refractivity contribution in [2.75, 3.05) is 14.2 Å². The molecule has 0 unspecified atom stereocenters. The van der Waals surface area contributed by atoms with Crippen LogP contribution in [0.15, 0.2) is 34.7 Å². The third-order valence-corrected chi connectivity index (χ3v) is 4.23. The summed E-state index contributed by atoms with van der Waals surface area (Å²) in [4.78, 5) is 12.0. The normalized spacial score (nSPS) is 11.0. The monoisotopic (exact) mass is 353 g/mol. The Morgan fingerprint density at radius 3 is 2.61 bits per heavy atom. The molecule has 1 aromatic carbocycles. The predicted molar refractivity (Wildman–Crippen MR) is 87.7 cm³/mol. The summed E-state index contributed by atoms with van der Waals surface area (Å²) in [6.45, 7) is 0.410. The number of ether oxygens (including phenoxy) is 2. The molecule has 0 N–H and O–H groups in total. The number of esters is 1. The van der Waals surface area contributed by atoms with Crippen LogP contribution in [-0.4, -0.2) is 24.8 Å². The number of carbonyl (C=O) groups excluding carboxylic acids is 1. The first-order chi connectivity index (χ1) is 11.0. The van der Waals surface area contributed by atoms with Crippen molar-refractivity contribution in [3.8, 4) is 5.95 Å². The van der Waals surface area contributed by atoms with Crippen molar-refractivity contribution in [3.63, 3.8) is 0 Å². The van der Waals surface area contributed by atoms with Crippen LogP contribution in [0.25, 0.3) is 11.1 Å². The lowest BCUT2D eigenvalue weighted by Gasteiger charge is -2.09. The largest absolute Gasteiger partial charge is 0.468 e. The second kappa shape index (κ2) is 6.18. The maximum Gasteiger partial charge on any atom is 0.354 e. The van der Waals surface area contributed by atoms with E-state index in [9.17, 15) is 4.79 Å². The minimum absolute atomic E-state index is 0.370. The summed E-state index contributed by atoms with van der Waals surface area (Å²) in [5, 5.41) is 0.934. The summed E-state index contributed by atoms with van der Waals surface area (Å²) in [5.41, 5.74) is 2.55. The van der Waals surface area contributed by atoms with Gasteiger partial charge in [-0.15, -0.1) is 0 Å². The molecule has 2 heterocycles. The average Bonchev–Trinajstić information content (AvgIpc) is 3.09. The van der Waals surface area contributed by atoms with Crippen molar-refractivity contribution in [1.82, 2.24) is 4.57 Å². The number of benzene rings is 1. The summed E-state index contributed by atoms with van der Waals surface area (Å²) < 4.78 is 17.2. The molecule has 0 fully saturated rings. The Labute approximate surface area is 142 Å². The molecule has 0 amide bonds. The van der Waals surface area contributed by atoms with Gasteiger partial charge in [-0.05, 0) is 17.7 Å². The number of rotatable bonds is 4. The van der Waals surface area contributed by atoms with E-state index in [4.69, 9.17) is 37.1 Å². The zero-order valence-corrected chi connectivity index (χ0v) is 13.9. The van der Waals surface area contributed by atoms with Gasteiger partial charge in [-0.3, -0.25) is 0 Å². The van der Waals surface area contributed by atoms with Crippen LogP contribution in [0.2, 0.25) is 10.0 Å². The second-order valence-electron chi connectivity index (χ2n) is 4.87. The second-order valence-corrected chi connectivity index (χ2v) is 5.69. The summed E-state index contributed by atoms with van der Waals surface area (Å²) in [7, 11) is 2.85. The van der Waals surface area contributed by atoms with Gasteiger partial charge in [0.05, 0.1) is 29.8 Å². The van der Waals surface area contributed by atoms with Gasteiger partial charge in [0.15, 0.2) is 5.58 Å². The maximum absolute atomic E-state index is 12.0. The Morgan fingerprint density at radius 2 is 1.96 bits per heavy atom. The lowest BCUT2D eigenvalue weighted by Crippen LogP contribution is -2.11. The smallest absolute Gasteiger partial charge is 0.354 e. The SMILES string of the molecule is COC(=O)c1cc2oc(OC)cc2n1Cc1ccc(Cl)c(Cl)c1. The van der Waals surface area contributed by atoms with Crippen LogP contribution >= 0.6 is 23.2 Å². The molecule has 23 heavy (non-hydrogen) atoms. The topological polar surface area (TPSA) is 53.6 Å². The first kappa shape index (κ1) is 15.8. The van der Waals surface area contributed by atoms with Crippen molar-refractivity contribution < 1.29 is 18.7 Å². The minimum atomic E-state index is -0.449. The van der Waals surface area contributed by atoms with Gasteiger partial charge >= 0.3 is 5.97 Å². The van der Waals surface area contributed by atoms with Gasteiger partial charge in [-0.25, -0.2) is 4.79 Å².